The molecule has 29 heavy (non-hydrogen) atoms. The van der Waals surface area contributed by atoms with Crippen molar-refractivity contribution in [1.29, 1.82) is 0 Å². The molecule has 0 bridgehead atoms. The maximum Gasteiger partial charge on any atom is 0.416 e. The maximum atomic E-state index is 12.8. The lowest BCUT2D eigenvalue weighted by molar-refractivity contribution is -0.143. The van der Waals surface area contributed by atoms with Gasteiger partial charge in [-0.25, -0.2) is 0 Å². The molecule has 2 N–H and O–H groups in total. The average Bonchev–Trinajstić information content (AvgIpc) is 2.60. The summed E-state index contributed by atoms with van der Waals surface area (Å²) in [6.45, 7) is 1.26. The van der Waals surface area contributed by atoms with Gasteiger partial charge in [-0.05, 0) is 37.3 Å². The predicted molar refractivity (Wildman–Crippen MR) is 90.2 cm³/mol. The van der Waals surface area contributed by atoms with E-state index in [0.717, 1.165) is 0 Å². The van der Waals surface area contributed by atoms with Crippen molar-refractivity contribution in [1.82, 2.24) is 0 Å². The van der Waals surface area contributed by atoms with Gasteiger partial charge >= 0.3 is 24.2 Å². The molecule has 0 atom stereocenters. The van der Waals surface area contributed by atoms with Crippen molar-refractivity contribution in [3.05, 3.63) is 59.2 Å². The second-order valence-electron chi connectivity index (χ2n) is 5.84. The van der Waals surface area contributed by atoms with Gasteiger partial charge in [0.2, 0.25) is 0 Å². The summed E-state index contributed by atoms with van der Waals surface area (Å²) < 4.78 is 77.0. The van der Waals surface area contributed by atoms with E-state index >= 15 is 0 Å². The first-order chi connectivity index (χ1) is 13.3. The van der Waals surface area contributed by atoms with Crippen LogP contribution in [0.1, 0.15) is 28.4 Å². The molecule has 0 heterocycles. The topological polar surface area (TPSA) is 75.3 Å². The number of ketones is 1. The number of alkyl halides is 6. The summed E-state index contributed by atoms with van der Waals surface area (Å²) in [5, 5.41) is 3.81. The molecule has 0 radical (unpaired) electrons. The fraction of sp³-hybridized carbons (Fsp3) is 0.167. The number of benzene rings is 2. The summed E-state index contributed by atoms with van der Waals surface area (Å²) in [4.78, 5) is 35.1. The average molecular weight is 418 g/mol. The van der Waals surface area contributed by atoms with Crippen LogP contribution < -0.4 is 10.6 Å². The van der Waals surface area contributed by atoms with E-state index in [-0.39, 0.29) is 35.2 Å². The summed E-state index contributed by atoms with van der Waals surface area (Å²) in [5.41, 5.74) is -3.88. The van der Waals surface area contributed by atoms with E-state index in [1.807, 2.05) is 0 Å². The van der Waals surface area contributed by atoms with E-state index < -0.39 is 41.0 Å². The van der Waals surface area contributed by atoms with Gasteiger partial charge < -0.3 is 10.6 Å². The van der Waals surface area contributed by atoms with Crippen molar-refractivity contribution in [3.8, 4) is 0 Å². The molecule has 2 aromatic rings. The molecule has 0 aliphatic rings. The smallest absolute Gasteiger partial charge is 0.318 e. The molecule has 0 saturated heterocycles. The van der Waals surface area contributed by atoms with Crippen LogP contribution >= 0.6 is 0 Å². The summed E-state index contributed by atoms with van der Waals surface area (Å²) in [7, 11) is 0. The second kappa shape index (κ2) is 7.94. The molecule has 154 valence electrons. The molecule has 0 aliphatic heterocycles. The fourth-order valence-electron chi connectivity index (χ4n) is 2.22. The normalized spacial score (nSPS) is 11.7. The fourth-order valence-corrected chi connectivity index (χ4v) is 2.22. The molecular formula is C18H12F6N2O3. The van der Waals surface area contributed by atoms with Gasteiger partial charge in [-0.1, -0.05) is 12.1 Å². The summed E-state index contributed by atoms with van der Waals surface area (Å²) in [6.07, 6.45) is -10.2. The molecule has 0 aliphatic carbocycles. The minimum Gasteiger partial charge on any atom is -0.318 e. The second-order valence-corrected chi connectivity index (χ2v) is 5.84. The third-order valence-electron chi connectivity index (χ3n) is 3.58. The van der Waals surface area contributed by atoms with Gasteiger partial charge in [0.15, 0.2) is 5.78 Å². The number of amides is 2. The Bertz CT molecular complexity index is 935. The molecule has 2 amide bonds. The standard InChI is InChI=1S/C18H12F6N2O3/c1-9(27)10-3-2-4-13(5-10)25-15(28)16(29)26-14-7-11(17(19,20)21)6-12(8-14)18(22,23)24/h2-8H,1H3,(H,25,28)(H,26,29). The van der Waals surface area contributed by atoms with Crippen LogP contribution in [0.25, 0.3) is 0 Å². The molecule has 0 fully saturated rings. The Hall–Kier alpha value is -3.37. The van der Waals surface area contributed by atoms with Gasteiger partial charge in [-0.15, -0.1) is 0 Å². The Balaban J connectivity index is 2.24. The number of halogens is 6. The number of anilines is 2. The van der Waals surface area contributed by atoms with Crippen molar-refractivity contribution in [2.75, 3.05) is 10.6 Å². The van der Waals surface area contributed by atoms with E-state index in [4.69, 9.17) is 0 Å². The van der Waals surface area contributed by atoms with Crippen LogP contribution in [0.15, 0.2) is 42.5 Å². The number of carbonyl (C=O) groups excluding carboxylic acids is 3. The quantitative estimate of drug-likeness (QED) is 0.438. The third kappa shape index (κ3) is 5.80. The molecule has 0 unspecified atom stereocenters. The zero-order valence-electron chi connectivity index (χ0n) is 14.5. The Morgan fingerprint density at radius 3 is 1.66 bits per heavy atom. The first-order valence-electron chi connectivity index (χ1n) is 7.80. The molecule has 2 aromatic carbocycles. The zero-order chi connectivity index (χ0) is 22.0. The monoisotopic (exact) mass is 418 g/mol. The summed E-state index contributed by atoms with van der Waals surface area (Å²) >= 11 is 0. The highest BCUT2D eigenvalue weighted by Crippen LogP contribution is 2.37. The van der Waals surface area contributed by atoms with Crippen LogP contribution in [-0.2, 0) is 21.9 Å². The lowest BCUT2D eigenvalue weighted by atomic mass is 10.1. The summed E-state index contributed by atoms with van der Waals surface area (Å²) in [6, 6.07) is 5.88. The van der Waals surface area contributed by atoms with Crippen molar-refractivity contribution < 1.29 is 40.7 Å². The Labute approximate surface area is 159 Å². The van der Waals surface area contributed by atoms with Gasteiger partial charge in [0, 0.05) is 16.9 Å². The third-order valence-corrected chi connectivity index (χ3v) is 3.58. The maximum absolute atomic E-state index is 12.8. The van der Waals surface area contributed by atoms with Crippen LogP contribution in [0.2, 0.25) is 0 Å². The highest BCUT2D eigenvalue weighted by atomic mass is 19.4. The Morgan fingerprint density at radius 1 is 0.724 bits per heavy atom. The molecule has 2 rings (SSSR count). The van der Waals surface area contributed by atoms with E-state index in [0.29, 0.717) is 0 Å². The predicted octanol–water partition coefficient (Wildman–Crippen LogP) is 4.50. The minimum atomic E-state index is -5.10. The van der Waals surface area contributed by atoms with Crippen LogP contribution in [0.5, 0.6) is 0 Å². The van der Waals surface area contributed by atoms with Gasteiger partial charge in [0.05, 0.1) is 11.1 Å². The number of carbonyl (C=O) groups is 3. The highest BCUT2D eigenvalue weighted by molar-refractivity contribution is 6.43. The van der Waals surface area contributed by atoms with Gasteiger partial charge in [0.1, 0.15) is 0 Å². The SMILES string of the molecule is CC(=O)c1cccc(NC(=O)C(=O)Nc2cc(C(F)(F)F)cc(C(F)(F)F)c2)c1. The van der Waals surface area contributed by atoms with Crippen LogP contribution in [-0.4, -0.2) is 17.6 Å². The zero-order valence-corrected chi connectivity index (χ0v) is 14.5. The molecule has 5 nitrogen and oxygen atoms in total. The van der Waals surface area contributed by atoms with E-state index in [2.05, 4.69) is 5.32 Å². The first kappa shape index (κ1) is 21.9. The van der Waals surface area contributed by atoms with Crippen molar-refractivity contribution in [2.45, 2.75) is 19.3 Å². The van der Waals surface area contributed by atoms with Gasteiger partial charge in [-0.3, -0.25) is 14.4 Å². The number of Topliss-reactive ketones (excluding diaryl/α,β-unsaturated/α-hetero) is 1. The Morgan fingerprint density at radius 2 is 1.21 bits per heavy atom. The number of hydrogen-bond donors (Lipinski definition) is 2. The number of hydrogen-bond acceptors (Lipinski definition) is 3. The van der Waals surface area contributed by atoms with E-state index in [1.165, 1.54) is 31.2 Å². The van der Waals surface area contributed by atoms with Crippen LogP contribution in [0.3, 0.4) is 0 Å². The number of rotatable bonds is 3. The number of nitrogens with one attached hydrogen (secondary N) is 2. The minimum absolute atomic E-state index is 0.0397. The van der Waals surface area contributed by atoms with Crippen molar-refractivity contribution >= 4 is 29.0 Å². The van der Waals surface area contributed by atoms with Crippen LogP contribution in [0, 0.1) is 0 Å². The Kier molecular flexibility index (Phi) is 6.00. The molecule has 0 spiro atoms. The highest BCUT2D eigenvalue weighted by Gasteiger charge is 2.37. The van der Waals surface area contributed by atoms with Crippen LogP contribution in [0.4, 0.5) is 37.7 Å². The lowest BCUT2D eigenvalue weighted by Gasteiger charge is -2.14. The van der Waals surface area contributed by atoms with E-state index in [9.17, 15) is 40.7 Å². The largest absolute Gasteiger partial charge is 0.416 e. The van der Waals surface area contributed by atoms with Crippen molar-refractivity contribution in [2.24, 2.45) is 0 Å². The van der Waals surface area contributed by atoms with Crippen molar-refractivity contribution in [3.63, 3.8) is 0 Å². The molecule has 0 aromatic heterocycles. The molecule has 11 heteroatoms. The van der Waals surface area contributed by atoms with Gasteiger partial charge in [-0.2, -0.15) is 26.3 Å². The summed E-state index contributed by atoms with van der Waals surface area (Å²) in [5.74, 6) is -3.17. The lowest BCUT2D eigenvalue weighted by Crippen LogP contribution is -2.29. The van der Waals surface area contributed by atoms with Gasteiger partial charge in [0.25, 0.3) is 0 Å². The molecular weight excluding hydrogens is 406 g/mol. The first-order valence-corrected chi connectivity index (χ1v) is 7.80. The van der Waals surface area contributed by atoms with E-state index in [1.54, 1.807) is 5.32 Å². The molecule has 0 saturated carbocycles.